The SMILES string of the molecule is C/C(=N/Nc1ccc(F)cc1)c1ccc(Cl)cc1Cl. The Hall–Kier alpha value is -1.58. The van der Waals surface area contributed by atoms with E-state index < -0.39 is 0 Å². The predicted molar refractivity (Wildman–Crippen MR) is 78.7 cm³/mol. The smallest absolute Gasteiger partial charge is 0.123 e. The van der Waals surface area contributed by atoms with Crippen molar-refractivity contribution in [2.45, 2.75) is 6.92 Å². The van der Waals surface area contributed by atoms with Crippen molar-refractivity contribution in [3.05, 3.63) is 63.9 Å². The van der Waals surface area contributed by atoms with E-state index in [1.807, 2.05) is 6.92 Å². The molecule has 0 aliphatic rings. The van der Waals surface area contributed by atoms with Gasteiger partial charge in [0, 0.05) is 10.6 Å². The van der Waals surface area contributed by atoms with Gasteiger partial charge >= 0.3 is 0 Å². The van der Waals surface area contributed by atoms with Crippen molar-refractivity contribution in [2.75, 3.05) is 5.43 Å². The first-order valence-electron chi connectivity index (χ1n) is 5.57. The summed E-state index contributed by atoms with van der Waals surface area (Å²) in [5.74, 6) is -0.285. The van der Waals surface area contributed by atoms with Crippen molar-refractivity contribution < 1.29 is 4.39 Å². The highest BCUT2D eigenvalue weighted by Gasteiger charge is 2.04. The molecule has 0 radical (unpaired) electrons. The Morgan fingerprint density at radius 2 is 1.79 bits per heavy atom. The molecule has 2 rings (SSSR count). The van der Waals surface area contributed by atoms with Crippen LogP contribution in [-0.4, -0.2) is 5.71 Å². The summed E-state index contributed by atoms with van der Waals surface area (Å²) in [6, 6.07) is 11.2. The van der Waals surface area contributed by atoms with Crippen LogP contribution >= 0.6 is 23.2 Å². The van der Waals surface area contributed by atoms with Crippen molar-refractivity contribution in [1.82, 2.24) is 0 Å². The summed E-state index contributed by atoms with van der Waals surface area (Å²) in [7, 11) is 0. The first-order chi connectivity index (χ1) is 9.06. The van der Waals surface area contributed by atoms with Crippen LogP contribution in [0.3, 0.4) is 0 Å². The highest BCUT2D eigenvalue weighted by atomic mass is 35.5. The van der Waals surface area contributed by atoms with Gasteiger partial charge in [0.25, 0.3) is 0 Å². The second kappa shape index (κ2) is 6.04. The minimum absolute atomic E-state index is 0.285. The lowest BCUT2D eigenvalue weighted by atomic mass is 10.1. The lowest BCUT2D eigenvalue weighted by Gasteiger charge is -2.06. The van der Waals surface area contributed by atoms with E-state index in [0.717, 1.165) is 5.56 Å². The van der Waals surface area contributed by atoms with Crippen LogP contribution in [0.15, 0.2) is 47.6 Å². The van der Waals surface area contributed by atoms with Crippen LogP contribution < -0.4 is 5.43 Å². The van der Waals surface area contributed by atoms with Crippen LogP contribution in [-0.2, 0) is 0 Å². The molecule has 2 nitrogen and oxygen atoms in total. The summed E-state index contributed by atoms with van der Waals surface area (Å²) in [6.07, 6.45) is 0. The molecule has 0 amide bonds. The molecule has 0 saturated carbocycles. The van der Waals surface area contributed by atoms with Gasteiger partial charge in [0.05, 0.1) is 16.4 Å². The Kier molecular flexibility index (Phi) is 4.40. The van der Waals surface area contributed by atoms with Gasteiger partial charge in [0.2, 0.25) is 0 Å². The molecule has 0 aliphatic carbocycles. The first-order valence-corrected chi connectivity index (χ1v) is 6.33. The van der Waals surface area contributed by atoms with Gasteiger partial charge in [-0.05, 0) is 43.3 Å². The maximum atomic E-state index is 12.7. The fourth-order valence-corrected chi connectivity index (χ4v) is 2.06. The van der Waals surface area contributed by atoms with Gasteiger partial charge < -0.3 is 0 Å². The highest BCUT2D eigenvalue weighted by Crippen LogP contribution is 2.21. The lowest BCUT2D eigenvalue weighted by Crippen LogP contribution is -2.00. The Labute approximate surface area is 120 Å². The van der Waals surface area contributed by atoms with Gasteiger partial charge in [-0.15, -0.1) is 0 Å². The van der Waals surface area contributed by atoms with Crippen LogP contribution in [0.5, 0.6) is 0 Å². The molecule has 0 atom stereocenters. The summed E-state index contributed by atoms with van der Waals surface area (Å²) in [5.41, 5.74) is 5.05. The minimum Gasteiger partial charge on any atom is -0.278 e. The van der Waals surface area contributed by atoms with Crippen molar-refractivity contribution >= 4 is 34.6 Å². The van der Waals surface area contributed by atoms with Gasteiger partial charge in [-0.2, -0.15) is 5.10 Å². The summed E-state index contributed by atoms with van der Waals surface area (Å²) in [6.45, 7) is 1.83. The highest BCUT2D eigenvalue weighted by molar-refractivity contribution is 6.37. The second-order valence-electron chi connectivity index (χ2n) is 3.94. The average molecular weight is 297 g/mol. The number of benzene rings is 2. The molecule has 5 heteroatoms. The third-order valence-corrected chi connectivity index (χ3v) is 3.07. The predicted octanol–water partition coefficient (Wildman–Crippen LogP) is 4.97. The third-order valence-electron chi connectivity index (χ3n) is 2.52. The minimum atomic E-state index is -0.285. The fourth-order valence-electron chi connectivity index (χ4n) is 1.52. The molecular formula is C14H11Cl2FN2. The molecule has 0 bridgehead atoms. The number of hydrogen-bond donors (Lipinski definition) is 1. The van der Waals surface area contributed by atoms with Gasteiger partial charge in [-0.25, -0.2) is 4.39 Å². The van der Waals surface area contributed by atoms with E-state index in [1.54, 1.807) is 30.3 Å². The normalized spacial score (nSPS) is 11.5. The van der Waals surface area contributed by atoms with E-state index in [9.17, 15) is 4.39 Å². The second-order valence-corrected chi connectivity index (χ2v) is 4.78. The quantitative estimate of drug-likeness (QED) is 0.628. The lowest BCUT2D eigenvalue weighted by molar-refractivity contribution is 0.628. The number of hydrogen-bond acceptors (Lipinski definition) is 2. The molecule has 98 valence electrons. The molecule has 0 aliphatic heterocycles. The zero-order valence-corrected chi connectivity index (χ0v) is 11.6. The van der Waals surface area contributed by atoms with E-state index in [4.69, 9.17) is 23.2 Å². The van der Waals surface area contributed by atoms with Crippen LogP contribution in [0.2, 0.25) is 10.0 Å². The van der Waals surface area contributed by atoms with Crippen LogP contribution in [0.4, 0.5) is 10.1 Å². The van der Waals surface area contributed by atoms with Crippen molar-refractivity contribution in [1.29, 1.82) is 0 Å². The van der Waals surface area contributed by atoms with E-state index in [-0.39, 0.29) is 5.82 Å². The zero-order chi connectivity index (χ0) is 13.8. The van der Waals surface area contributed by atoms with Gasteiger partial charge in [-0.1, -0.05) is 29.3 Å². The third kappa shape index (κ3) is 3.69. The summed E-state index contributed by atoms with van der Waals surface area (Å²) < 4.78 is 12.7. The topological polar surface area (TPSA) is 24.4 Å². The summed E-state index contributed by atoms with van der Waals surface area (Å²) in [4.78, 5) is 0. The molecule has 0 spiro atoms. The number of hydrazone groups is 1. The van der Waals surface area contributed by atoms with Crippen molar-refractivity contribution in [3.63, 3.8) is 0 Å². The van der Waals surface area contributed by atoms with Crippen molar-refractivity contribution in [2.24, 2.45) is 5.10 Å². The molecule has 19 heavy (non-hydrogen) atoms. The number of nitrogens with zero attached hydrogens (tertiary/aromatic N) is 1. The largest absolute Gasteiger partial charge is 0.278 e. The van der Waals surface area contributed by atoms with E-state index in [0.29, 0.717) is 21.4 Å². The Balaban J connectivity index is 2.16. The monoisotopic (exact) mass is 296 g/mol. The Morgan fingerprint density at radius 3 is 2.42 bits per heavy atom. The van der Waals surface area contributed by atoms with E-state index >= 15 is 0 Å². The maximum absolute atomic E-state index is 12.7. The molecule has 2 aromatic carbocycles. The standard InChI is InChI=1S/C14H11Cl2FN2/c1-9(13-7-2-10(15)8-14(13)16)18-19-12-5-3-11(17)4-6-12/h2-8,19H,1H3/b18-9-. The number of halogens is 3. The molecular weight excluding hydrogens is 286 g/mol. The summed E-state index contributed by atoms with van der Waals surface area (Å²) >= 11 is 11.9. The van der Waals surface area contributed by atoms with Crippen molar-refractivity contribution in [3.8, 4) is 0 Å². The van der Waals surface area contributed by atoms with Crippen LogP contribution in [0.25, 0.3) is 0 Å². The number of anilines is 1. The molecule has 0 fully saturated rings. The van der Waals surface area contributed by atoms with Gasteiger partial charge in [0.15, 0.2) is 0 Å². The Morgan fingerprint density at radius 1 is 1.11 bits per heavy atom. The van der Waals surface area contributed by atoms with E-state index in [2.05, 4.69) is 10.5 Å². The number of nitrogens with one attached hydrogen (secondary N) is 1. The van der Waals surface area contributed by atoms with Crippen LogP contribution in [0, 0.1) is 5.82 Å². The molecule has 0 saturated heterocycles. The maximum Gasteiger partial charge on any atom is 0.123 e. The molecule has 1 N–H and O–H groups in total. The van der Waals surface area contributed by atoms with Gasteiger partial charge in [-0.3, -0.25) is 5.43 Å². The van der Waals surface area contributed by atoms with Gasteiger partial charge in [0.1, 0.15) is 5.82 Å². The molecule has 0 aromatic heterocycles. The fraction of sp³-hybridized carbons (Fsp3) is 0.0714. The first kappa shape index (κ1) is 13.8. The number of rotatable bonds is 3. The molecule has 0 unspecified atom stereocenters. The van der Waals surface area contributed by atoms with Crippen LogP contribution in [0.1, 0.15) is 12.5 Å². The Bertz CT molecular complexity index is 609. The molecule has 0 heterocycles. The van der Waals surface area contributed by atoms with E-state index in [1.165, 1.54) is 12.1 Å². The average Bonchev–Trinajstić information content (AvgIpc) is 2.37. The molecule has 2 aromatic rings. The summed E-state index contributed by atoms with van der Waals surface area (Å²) in [5, 5.41) is 5.32. The zero-order valence-electron chi connectivity index (χ0n) is 10.1.